The quantitative estimate of drug-likeness (QED) is 0.320. The van der Waals surface area contributed by atoms with Gasteiger partial charge >= 0.3 is 0 Å². The van der Waals surface area contributed by atoms with Crippen molar-refractivity contribution in [3.63, 3.8) is 0 Å². The maximum absolute atomic E-state index is 13.0. The van der Waals surface area contributed by atoms with Crippen molar-refractivity contribution in [2.45, 2.75) is 26.3 Å². The topological polar surface area (TPSA) is 125 Å². The number of anilines is 2. The number of nitrogen functional groups attached to an aromatic ring is 2. The molecule has 4 N–H and O–H groups in total. The molecule has 0 fully saturated rings. The van der Waals surface area contributed by atoms with E-state index in [1.165, 1.54) is 12.1 Å². The van der Waals surface area contributed by atoms with Crippen LogP contribution < -0.4 is 33.4 Å². The lowest BCUT2D eigenvalue weighted by Gasteiger charge is -2.07. The van der Waals surface area contributed by atoms with Crippen molar-refractivity contribution >= 4 is 43.7 Å². The molecular weight excluding hydrogens is 346 g/mol. The van der Waals surface area contributed by atoms with E-state index in [-0.39, 0.29) is 50.2 Å². The average molecular weight is 363 g/mol. The number of hydrogen-bond donors (Lipinski definition) is 2. The first kappa shape index (κ1) is 17.0. The molecule has 136 valence electrons. The van der Waals surface area contributed by atoms with Crippen LogP contribution in [0, 0.1) is 0 Å². The Morgan fingerprint density at radius 3 is 1.63 bits per heavy atom. The highest BCUT2D eigenvalue weighted by Crippen LogP contribution is 2.31. The fourth-order valence-corrected chi connectivity index (χ4v) is 3.73. The van der Waals surface area contributed by atoms with Gasteiger partial charge in [-0.2, -0.15) is 0 Å². The highest BCUT2D eigenvalue weighted by Gasteiger charge is 2.25. The summed E-state index contributed by atoms with van der Waals surface area (Å²) in [5.74, 6) is 0. The Bertz CT molecular complexity index is 1350. The highest BCUT2D eigenvalue weighted by molar-refractivity contribution is 6.20. The van der Waals surface area contributed by atoms with Crippen molar-refractivity contribution in [3.05, 3.63) is 65.4 Å². The van der Waals surface area contributed by atoms with Gasteiger partial charge in [0.05, 0.1) is 32.9 Å². The van der Waals surface area contributed by atoms with Gasteiger partial charge in [-0.25, -0.2) is 0 Å². The molecule has 7 nitrogen and oxygen atoms in total. The van der Waals surface area contributed by atoms with Crippen LogP contribution in [0.15, 0.2) is 43.4 Å². The predicted molar refractivity (Wildman–Crippen MR) is 108 cm³/mol. The Balaban J connectivity index is 2.35. The summed E-state index contributed by atoms with van der Waals surface area (Å²) in [6, 6.07) is 6.34. The minimum Gasteiger partial charge on any atom is -0.397 e. The minimum absolute atomic E-state index is 0.0760. The van der Waals surface area contributed by atoms with Crippen LogP contribution in [0.3, 0.4) is 0 Å². The smallest absolute Gasteiger partial charge is 0.263 e. The molecule has 0 radical (unpaired) electrons. The third-order valence-electron chi connectivity index (χ3n) is 5.10. The average Bonchev–Trinajstić information content (AvgIpc) is 2.91. The number of hydrogen-bond acceptors (Lipinski definition) is 6. The van der Waals surface area contributed by atoms with E-state index < -0.39 is 22.0 Å². The monoisotopic (exact) mass is 363 g/mol. The first-order valence-corrected chi connectivity index (χ1v) is 8.69. The molecule has 0 atom stereocenters. The number of nitrogens with zero attached hydrogens (tertiary/aromatic N) is 1. The van der Waals surface area contributed by atoms with E-state index in [1.54, 1.807) is 12.1 Å². The van der Waals surface area contributed by atoms with Crippen molar-refractivity contribution in [3.8, 4) is 0 Å². The largest absolute Gasteiger partial charge is 0.397 e. The van der Waals surface area contributed by atoms with Gasteiger partial charge in [0.25, 0.3) is 11.1 Å². The van der Waals surface area contributed by atoms with Gasteiger partial charge in [-0.3, -0.25) is 23.7 Å². The molecule has 1 heterocycles. The van der Waals surface area contributed by atoms with Gasteiger partial charge in [0.2, 0.25) is 0 Å². The minimum atomic E-state index is -0.574. The van der Waals surface area contributed by atoms with Crippen LogP contribution in [0.2, 0.25) is 0 Å². The van der Waals surface area contributed by atoms with Crippen LogP contribution in [0.4, 0.5) is 11.4 Å². The Morgan fingerprint density at radius 1 is 0.778 bits per heavy atom. The van der Waals surface area contributed by atoms with Gasteiger partial charge in [-0.05, 0) is 6.42 Å². The molecule has 0 spiro atoms. The van der Waals surface area contributed by atoms with E-state index in [4.69, 9.17) is 11.5 Å². The molecule has 0 bridgehead atoms. The van der Waals surface area contributed by atoms with Crippen LogP contribution >= 0.6 is 0 Å². The van der Waals surface area contributed by atoms with Crippen molar-refractivity contribution in [2.24, 2.45) is 0 Å². The summed E-state index contributed by atoms with van der Waals surface area (Å²) in [6.07, 6.45) is 1.43. The lowest BCUT2D eigenvalue weighted by atomic mass is 9.97. The number of aromatic nitrogens is 1. The first-order chi connectivity index (χ1) is 12.9. The molecule has 0 unspecified atom stereocenters. The predicted octanol–water partition coefficient (Wildman–Crippen LogP) is 1.23. The number of benzene rings is 3. The fourth-order valence-electron chi connectivity index (χ4n) is 3.73. The second kappa shape index (κ2) is 5.77. The Hall–Kier alpha value is -3.48. The molecule has 1 aromatic heterocycles. The molecule has 0 aliphatic carbocycles. The van der Waals surface area contributed by atoms with E-state index in [0.29, 0.717) is 6.42 Å². The van der Waals surface area contributed by atoms with Gasteiger partial charge in [0, 0.05) is 17.3 Å². The summed E-state index contributed by atoms with van der Waals surface area (Å²) < 4.78 is 1.08. The molecule has 0 aliphatic rings. The summed E-state index contributed by atoms with van der Waals surface area (Å²) in [6.45, 7) is 2.17. The van der Waals surface area contributed by atoms with E-state index >= 15 is 0 Å². The van der Waals surface area contributed by atoms with Crippen LogP contribution in [-0.2, 0) is 6.54 Å². The summed E-state index contributed by atoms with van der Waals surface area (Å²) in [4.78, 5) is 51.5. The lowest BCUT2D eigenvalue weighted by Crippen LogP contribution is -2.25. The molecular formula is C20H17N3O4. The first-order valence-electron chi connectivity index (χ1n) is 8.69. The van der Waals surface area contributed by atoms with Crippen LogP contribution in [0.1, 0.15) is 19.8 Å². The Kier molecular flexibility index (Phi) is 3.62. The SMILES string of the molecule is CCCCn1c(=O)c2c(N)c3c(=O)c4ccccc4c(=O)c3c(N)c2c1=O. The third-order valence-corrected chi connectivity index (χ3v) is 5.10. The molecule has 0 saturated heterocycles. The summed E-state index contributed by atoms with van der Waals surface area (Å²) in [5.41, 5.74) is 9.90. The normalized spacial score (nSPS) is 11.7. The molecule has 0 aliphatic heterocycles. The van der Waals surface area contributed by atoms with E-state index in [9.17, 15) is 19.2 Å². The molecule has 27 heavy (non-hydrogen) atoms. The Labute approximate surface area is 152 Å². The van der Waals surface area contributed by atoms with Crippen molar-refractivity contribution in [2.75, 3.05) is 11.5 Å². The summed E-state index contributed by atoms with van der Waals surface area (Å²) in [5, 5.41) is 0.0870. The summed E-state index contributed by atoms with van der Waals surface area (Å²) >= 11 is 0. The zero-order valence-electron chi connectivity index (χ0n) is 14.7. The van der Waals surface area contributed by atoms with Crippen LogP contribution in [-0.4, -0.2) is 4.57 Å². The molecule has 0 amide bonds. The van der Waals surface area contributed by atoms with Gasteiger partial charge in [-0.15, -0.1) is 0 Å². The fraction of sp³-hybridized carbons (Fsp3) is 0.200. The number of unbranched alkanes of at least 4 members (excludes halogenated alkanes) is 1. The molecule has 0 saturated carbocycles. The molecule has 4 aromatic rings. The lowest BCUT2D eigenvalue weighted by molar-refractivity contribution is 0.609. The van der Waals surface area contributed by atoms with Crippen LogP contribution in [0.25, 0.3) is 32.3 Å². The zero-order chi connectivity index (χ0) is 19.5. The number of rotatable bonds is 3. The second-order valence-electron chi connectivity index (χ2n) is 6.65. The second-order valence-corrected chi connectivity index (χ2v) is 6.65. The van der Waals surface area contributed by atoms with Gasteiger partial charge in [-0.1, -0.05) is 37.6 Å². The van der Waals surface area contributed by atoms with Crippen molar-refractivity contribution in [1.82, 2.24) is 4.57 Å². The molecule has 3 aromatic carbocycles. The standard InChI is InChI=1S/C20H17N3O4/c1-2-3-8-23-19(26)13-14(20(23)27)16(22)12-11(15(13)21)17(24)9-6-4-5-7-10(9)18(12)25/h4-7H,2-3,8,21-22H2,1H3. The maximum atomic E-state index is 13.0. The third kappa shape index (κ3) is 2.08. The zero-order valence-corrected chi connectivity index (χ0v) is 14.7. The van der Waals surface area contributed by atoms with Gasteiger partial charge in [0.15, 0.2) is 10.9 Å². The van der Waals surface area contributed by atoms with E-state index in [2.05, 4.69) is 0 Å². The Morgan fingerprint density at radius 2 is 1.22 bits per heavy atom. The summed E-state index contributed by atoms with van der Waals surface area (Å²) in [7, 11) is 0. The highest BCUT2D eigenvalue weighted by atomic mass is 16.2. The molecule has 4 rings (SSSR count). The number of fused-ring (bicyclic) bond motifs is 3. The van der Waals surface area contributed by atoms with Crippen molar-refractivity contribution in [1.29, 1.82) is 0 Å². The molecule has 7 heteroatoms. The van der Waals surface area contributed by atoms with E-state index in [0.717, 1.165) is 11.0 Å². The van der Waals surface area contributed by atoms with Crippen molar-refractivity contribution < 1.29 is 0 Å². The van der Waals surface area contributed by atoms with E-state index in [1.807, 2.05) is 6.92 Å². The number of nitrogens with two attached hydrogens (primary N) is 2. The maximum Gasteiger partial charge on any atom is 0.263 e. The van der Waals surface area contributed by atoms with Gasteiger partial charge in [0.1, 0.15) is 0 Å². The van der Waals surface area contributed by atoms with Crippen LogP contribution in [0.5, 0.6) is 0 Å². The van der Waals surface area contributed by atoms with Gasteiger partial charge < -0.3 is 11.5 Å².